The average molecular weight is 244 g/mol. The van der Waals surface area contributed by atoms with Crippen LogP contribution in [0.3, 0.4) is 0 Å². The Morgan fingerprint density at radius 3 is 2.78 bits per heavy atom. The van der Waals surface area contributed by atoms with Crippen molar-refractivity contribution in [2.24, 2.45) is 5.73 Å². The molecule has 1 aromatic carbocycles. The number of nitrogens with one attached hydrogen (secondary N) is 1. The van der Waals surface area contributed by atoms with E-state index >= 15 is 0 Å². The van der Waals surface area contributed by atoms with Gasteiger partial charge in [0.1, 0.15) is 6.04 Å². The molecule has 0 fully saturated rings. The molecule has 0 heterocycles. The van der Waals surface area contributed by atoms with Gasteiger partial charge in [-0.1, -0.05) is 42.0 Å². The van der Waals surface area contributed by atoms with Crippen molar-refractivity contribution in [2.75, 3.05) is 6.54 Å². The van der Waals surface area contributed by atoms with Gasteiger partial charge in [0.15, 0.2) is 0 Å². The van der Waals surface area contributed by atoms with Gasteiger partial charge in [-0.05, 0) is 31.2 Å². The molecule has 3 nitrogen and oxygen atoms in total. The molecule has 0 saturated heterocycles. The van der Waals surface area contributed by atoms with Gasteiger partial charge in [0.2, 0.25) is 5.91 Å². The van der Waals surface area contributed by atoms with Crippen LogP contribution < -0.4 is 11.1 Å². The zero-order chi connectivity index (χ0) is 12.8. The number of amides is 1. The number of nitrogens with two attached hydrogens (primary N) is 1. The van der Waals surface area contributed by atoms with Crippen LogP contribution in [0.5, 0.6) is 0 Å². The van der Waals surface area contributed by atoms with Crippen LogP contribution in [0.25, 0.3) is 0 Å². The molecule has 1 atom stereocenters. The van der Waals surface area contributed by atoms with E-state index in [1.165, 1.54) is 24.8 Å². The third-order valence-electron chi connectivity index (χ3n) is 3.32. The maximum absolute atomic E-state index is 11.9. The summed E-state index contributed by atoms with van der Waals surface area (Å²) in [6.07, 6.45) is 6.86. The third kappa shape index (κ3) is 3.44. The maximum atomic E-state index is 11.9. The lowest BCUT2D eigenvalue weighted by molar-refractivity contribution is -0.122. The Hall–Kier alpha value is -1.61. The molecule has 0 spiro atoms. The quantitative estimate of drug-likeness (QED) is 0.781. The number of allylic oxidation sites excluding steroid dienone is 1. The molecule has 2 rings (SSSR count). The molecule has 0 saturated carbocycles. The highest BCUT2D eigenvalue weighted by Crippen LogP contribution is 2.19. The summed E-state index contributed by atoms with van der Waals surface area (Å²) >= 11 is 0. The first kappa shape index (κ1) is 12.8. The summed E-state index contributed by atoms with van der Waals surface area (Å²) in [7, 11) is 0. The minimum absolute atomic E-state index is 0.0974. The highest BCUT2D eigenvalue weighted by atomic mass is 16.2. The lowest BCUT2D eigenvalue weighted by Crippen LogP contribution is -2.34. The summed E-state index contributed by atoms with van der Waals surface area (Å²) in [5.41, 5.74) is 8.22. The Labute approximate surface area is 108 Å². The fourth-order valence-corrected chi connectivity index (χ4v) is 2.23. The molecule has 1 amide bonds. The van der Waals surface area contributed by atoms with Crippen LogP contribution in [0, 0.1) is 0 Å². The first-order valence-corrected chi connectivity index (χ1v) is 6.53. The van der Waals surface area contributed by atoms with E-state index in [4.69, 9.17) is 5.73 Å². The summed E-state index contributed by atoms with van der Waals surface area (Å²) < 4.78 is 0. The Balaban J connectivity index is 1.77. The molecular weight excluding hydrogens is 224 g/mol. The largest absolute Gasteiger partial charge is 0.354 e. The number of carbonyl (C=O) groups is 1. The van der Waals surface area contributed by atoms with E-state index in [1.807, 2.05) is 30.3 Å². The normalized spacial score (nSPS) is 16.2. The van der Waals surface area contributed by atoms with Crippen LogP contribution >= 0.6 is 0 Å². The van der Waals surface area contributed by atoms with E-state index < -0.39 is 6.04 Å². The highest BCUT2D eigenvalue weighted by Gasteiger charge is 2.14. The van der Waals surface area contributed by atoms with Crippen molar-refractivity contribution in [1.29, 1.82) is 0 Å². The van der Waals surface area contributed by atoms with Crippen LogP contribution in [0.4, 0.5) is 0 Å². The maximum Gasteiger partial charge on any atom is 0.241 e. The van der Waals surface area contributed by atoms with Gasteiger partial charge in [0.25, 0.3) is 0 Å². The molecule has 1 aliphatic rings. The molecular formula is C15H20N2O. The Morgan fingerprint density at radius 1 is 1.33 bits per heavy atom. The highest BCUT2D eigenvalue weighted by molar-refractivity contribution is 5.82. The fourth-order valence-electron chi connectivity index (χ4n) is 2.23. The van der Waals surface area contributed by atoms with Crippen molar-refractivity contribution in [1.82, 2.24) is 5.32 Å². The van der Waals surface area contributed by atoms with Gasteiger partial charge >= 0.3 is 0 Å². The smallest absolute Gasteiger partial charge is 0.241 e. The predicted molar refractivity (Wildman–Crippen MR) is 72.9 cm³/mol. The number of rotatable bonds is 5. The van der Waals surface area contributed by atoms with Crippen LogP contribution in [0.2, 0.25) is 0 Å². The molecule has 0 bridgehead atoms. The molecule has 0 radical (unpaired) electrons. The van der Waals surface area contributed by atoms with Gasteiger partial charge in [-0.2, -0.15) is 0 Å². The van der Waals surface area contributed by atoms with Crippen LogP contribution in [0.15, 0.2) is 42.0 Å². The Kier molecular flexibility index (Phi) is 4.53. The summed E-state index contributed by atoms with van der Waals surface area (Å²) in [6, 6.07) is 8.90. The number of carbonyl (C=O) groups excluding carboxylic acids is 1. The molecule has 1 aromatic rings. The monoisotopic (exact) mass is 244 g/mol. The second kappa shape index (κ2) is 6.36. The molecule has 3 heteroatoms. The standard InChI is InChI=1S/C15H20N2O/c16-14(13-8-2-1-3-9-13)15(18)17-11-10-12-6-4-5-7-12/h1-3,6,8-9,14H,4-5,7,10-11,16H2,(H,17,18). The van der Waals surface area contributed by atoms with Crippen molar-refractivity contribution in [3.63, 3.8) is 0 Å². The molecule has 0 aliphatic heterocycles. The molecule has 0 aromatic heterocycles. The van der Waals surface area contributed by atoms with Gasteiger partial charge in [0, 0.05) is 6.54 Å². The van der Waals surface area contributed by atoms with E-state index in [0.717, 1.165) is 12.0 Å². The lowest BCUT2D eigenvalue weighted by atomic mass is 10.1. The van der Waals surface area contributed by atoms with Crippen molar-refractivity contribution in [3.8, 4) is 0 Å². The zero-order valence-corrected chi connectivity index (χ0v) is 10.6. The van der Waals surface area contributed by atoms with Gasteiger partial charge in [0.05, 0.1) is 0 Å². The molecule has 18 heavy (non-hydrogen) atoms. The Morgan fingerprint density at radius 2 is 2.11 bits per heavy atom. The minimum Gasteiger partial charge on any atom is -0.354 e. The summed E-state index contributed by atoms with van der Waals surface area (Å²) in [6.45, 7) is 0.686. The molecule has 96 valence electrons. The van der Waals surface area contributed by atoms with Crippen LogP contribution in [-0.2, 0) is 4.79 Å². The van der Waals surface area contributed by atoms with E-state index in [1.54, 1.807) is 0 Å². The van der Waals surface area contributed by atoms with Crippen molar-refractivity contribution < 1.29 is 4.79 Å². The first-order chi connectivity index (χ1) is 8.77. The summed E-state index contributed by atoms with van der Waals surface area (Å²) in [5, 5.41) is 2.90. The molecule has 1 unspecified atom stereocenters. The molecule has 1 aliphatic carbocycles. The summed E-state index contributed by atoms with van der Waals surface area (Å²) in [5.74, 6) is -0.0974. The van der Waals surface area contributed by atoms with E-state index in [2.05, 4.69) is 11.4 Å². The first-order valence-electron chi connectivity index (χ1n) is 6.53. The lowest BCUT2D eigenvalue weighted by Gasteiger charge is -2.12. The SMILES string of the molecule is NC(C(=O)NCCC1=CCCC1)c1ccccc1. The predicted octanol–water partition coefficient (Wildman–Crippen LogP) is 2.30. The van der Waals surface area contributed by atoms with Crippen LogP contribution in [0.1, 0.15) is 37.3 Å². The zero-order valence-electron chi connectivity index (χ0n) is 10.6. The van der Waals surface area contributed by atoms with Crippen molar-refractivity contribution in [2.45, 2.75) is 31.7 Å². The third-order valence-corrected chi connectivity index (χ3v) is 3.32. The van der Waals surface area contributed by atoms with Crippen molar-refractivity contribution in [3.05, 3.63) is 47.5 Å². The van der Waals surface area contributed by atoms with E-state index in [0.29, 0.717) is 6.54 Å². The van der Waals surface area contributed by atoms with Crippen LogP contribution in [-0.4, -0.2) is 12.5 Å². The molecule has 3 N–H and O–H groups in total. The number of benzene rings is 1. The van der Waals surface area contributed by atoms with Gasteiger partial charge < -0.3 is 11.1 Å². The second-order valence-electron chi connectivity index (χ2n) is 4.68. The van der Waals surface area contributed by atoms with Gasteiger partial charge in [-0.3, -0.25) is 4.79 Å². The summed E-state index contributed by atoms with van der Waals surface area (Å²) in [4.78, 5) is 11.9. The fraction of sp³-hybridized carbons (Fsp3) is 0.400. The van der Waals surface area contributed by atoms with Gasteiger partial charge in [-0.25, -0.2) is 0 Å². The van der Waals surface area contributed by atoms with E-state index in [9.17, 15) is 4.79 Å². The minimum atomic E-state index is -0.566. The van der Waals surface area contributed by atoms with E-state index in [-0.39, 0.29) is 5.91 Å². The Bertz CT molecular complexity index is 425. The number of hydrogen-bond acceptors (Lipinski definition) is 2. The average Bonchev–Trinajstić information content (AvgIpc) is 2.92. The number of hydrogen-bond donors (Lipinski definition) is 2. The van der Waals surface area contributed by atoms with Crippen molar-refractivity contribution >= 4 is 5.91 Å². The topological polar surface area (TPSA) is 55.1 Å². The second-order valence-corrected chi connectivity index (χ2v) is 4.68. The van der Waals surface area contributed by atoms with Gasteiger partial charge in [-0.15, -0.1) is 0 Å².